The minimum absolute atomic E-state index is 0.0696. The van der Waals surface area contributed by atoms with Crippen LogP contribution in [0.2, 0.25) is 0 Å². The van der Waals surface area contributed by atoms with Crippen molar-refractivity contribution in [1.82, 2.24) is 14.9 Å². The molecule has 0 saturated carbocycles. The Morgan fingerprint density at radius 2 is 2.26 bits per heavy atom. The van der Waals surface area contributed by atoms with Gasteiger partial charge in [0.25, 0.3) is 5.56 Å². The first kappa shape index (κ1) is 17.9. The Labute approximate surface area is 157 Å². The molecule has 0 aliphatic carbocycles. The second-order valence-corrected chi connectivity index (χ2v) is 7.09. The number of methoxy groups -OCH3 is 1. The number of carbonyl (C=O) groups excluding carboxylic acids is 1. The smallest absolute Gasteiger partial charge is 0.306 e. The number of hydrogen-bond acceptors (Lipinski definition) is 6. The van der Waals surface area contributed by atoms with Gasteiger partial charge >= 0.3 is 5.97 Å². The highest BCUT2D eigenvalue weighted by Gasteiger charge is 2.28. The van der Waals surface area contributed by atoms with Crippen molar-refractivity contribution in [3.05, 3.63) is 62.8 Å². The van der Waals surface area contributed by atoms with E-state index in [1.54, 1.807) is 0 Å². The van der Waals surface area contributed by atoms with Gasteiger partial charge in [-0.2, -0.15) is 0 Å². The third kappa shape index (κ3) is 3.79. The van der Waals surface area contributed by atoms with Crippen molar-refractivity contribution in [2.75, 3.05) is 20.3 Å². The van der Waals surface area contributed by atoms with E-state index in [-0.39, 0.29) is 17.4 Å². The number of nitrogens with one attached hydrogen (secondary N) is 1. The third-order valence-corrected chi connectivity index (χ3v) is 5.26. The van der Waals surface area contributed by atoms with Gasteiger partial charge in [0.2, 0.25) is 0 Å². The highest BCUT2D eigenvalue weighted by molar-refractivity contribution is 5.70. The minimum Gasteiger partial charge on any atom is -0.469 e. The molecule has 2 aromatic rings. The van der Waals surface area contributed by atoms with E-state index < -0.39 is 0 Å². The normalized spacial score (nSPS) is 19.2. The summed E-state index contributed by atoms with van der Waals surface area (Å²) in [5, 5.41) is 0. The average molecular weight is 369 g/mol. The molecule has 1 atom stereocenters. The van der Waals surface area contributed by atoms with Crippen LogP contribution in [-0.4, -0.2) is 41.1 Å². The Hall–Kier alpha value is -2.51. The van der Waals surface area contributed by atoms with Gasteiger partial charge in [-0.1, -0.05) is 24.3 Å². The van der Waals surface area contributed by atoms with Crippen LogP contribution in [0.5, 0.6) is 0 Å². The maximum atomic E-state index is 12.3. The predicted molar refractivity (Wildman–Crippen MR) is 98.1 cm³/mol. The van der Waals surface area contributed by atoms with Crippen molar-refractivity contribution in [1.29, 1.82) is 0 Å². The molecule has 0 amide bonds. The topological polar surface area (TPSA) is 84.5 Å². The van der Waals surface area contributed by atoms with Gasteiger partial charge in [0.15, 0.2) is 0 Å². The molecular formula is C20H23N3O4. The monoisotopic (exact) mass is 369 g/mol. The fraction of sp³-hybridized carbons (Fsp3) is 0.450. The Morgan fingerprint density at radius 1 is 1.41 bits per heavy atom. The summed E-state index contributed by atoms with van der Waals surface area (Å²) in [5.74, 6) is 0.522. The van der Waals surface area contributed by atoms with Crippen LogP contribution in [-0.2, 0) is 40.4 Å². The first-order chi connectivity index (χ1) is 13.1. The zero-order valence-corrected chi connectivity index (χ0v) is 15.4. The number of aromatic nitrogens is 2. The molecule has 0 bridgehead atoms. The zero-order valence-electron chi connectivity index (χ0n) is 15.4. The number of hydrogen-bond donors (Lipinski definition) is 1. The summed E-state index contributed by atoms with van der Waals surface area (Å²) >= 11 is 0. The van der Waals surface area contributed by atoms with E-state index >= 15 is 0 Å². The van der Waals surface area contributed by atoms with Crippen molar-refractivity contribution in [2.24, 2.45) is 0 Å². The lowest BCUT2D eigenvalue weighted by Gasteiger charge is -2.34. The summed E-state index contributed by atoms with van der Waals surface area (Å²) in [6.45, 7) is 2.95. The molecule has 0 saturated heterocycles. The van der Waals surface area contributed by atoms with E-state index in [0.717, 1.165) is 18.8 Å². The van der Waals surface area contributed by atoms with E-state index in [9.17, 15) is 9.59 Å². The van der Waals surface area contributed by atoms with Crippen LogP contribution in [0.3, 0.4) is 0 Å². The maximum Gasteiger partial charge on any atom is 0.306 e. The highest BCUT2D eigenvalue weighted by atomic mass is 16.5. The minimum atomic E-state index is -0.211. The molecule has 0 radical (unpaired) electrons. The van der Waals surface area contributed by atoms with Crippen LogP contribution in [0, 0.1) is 0 Å². The van der Waals surface area contributed by atoms with Gasteiger partial charge < -0.3 is 14.5 Å². The fourth-order valence-corrected chi connectivity index (χ4v) is 3.95. The maximum absolute atomic E-state index is 12.3. The Kier molecular flexibility index (Phi) is 5.05. The molecule has 4 rings (SSSR count). The molecule has 3 heterocycles. The van der Waals surface area contributed by atoms with Crippen LogP contribution in [0.25, 0.3) is 0 Å². The first-order valence-corrected chi connectivity index (χ1v) is 9.19. The molecule has 7 nitrogen and oxygen atoms in total. The number of rotatable bonds is 4. The molecule has 0 fully saturated rings. The second kappa shape index (κ2) is 7.62. The van der Waals surface area contributed by atoms with Crippen molar-refractivity contribution in [2.45, 2.75) is 38.5 Å². The Morgan fingerprint density at radius 3 is 3.11 bits per heavy atom. The van der Waals surface area contributed by atoms with Gasteiger partial charge in [-0.25, -0.2) is 4.98 Å². The Bertz CT molecular complexity index is 908. The predicted octanol–water partition coefficient (Wildman–Crippen LogP) is 1.51. The van der Waals surface area contributed by atoms with Crippen LogP contribution in [0.4, 0.5) is 0 Å². The number of fused-ring (bicyclic) bond motifs is 2. The van der Waals surface area contributed by atoms with Crippen molar-refractivity contribution in [3.8, 4) is 0 Å². The molecule has 1 aromatic heterocycles. The number of aromatic amines is 1. The quantitative estimate of drug-likeness (QED) is 0.823. The van der Waals surface area contributed by atoms with E-state index in [2.05, 4.69) is 27.0 Å². The number of nitrogens with zero attached hydrogens (tertiary/aromatic N) is 2. The average Bonchev–Trinajstić information content (AvgIpc) is 2.68. The lowest BCUT2D eigenvalue weighted by molar-refractivity contribution is -0.141. The van der Waals surface area contributed by atoms with Gasteiger partial charge in [-0.05, 0) is 11.1 Å². The summed E-state index contributed by atoms with van der Waals surface area (Å²) < 4.78 is 10.2. The van der Waals surface area contributed by atoms with E-state index in [1.807, 2.05) is 12.1 Å². The number of H-pyrrole nitrogens is 1. The summed E-state index contributed by atoms with van der Waals surface area (Å²) in [6, 6.07) is 8.19. The molecule has 2 aliphatic heterocycles. The van der Waals surface area contributed by atoms with E-state index in [4.69, 9.17) is 9.47 Å². The molecular weight excluding hydrogens is 346 g/mol. The van der Waals surface area contributed by atoms with Gasteiger partial charge in [-0.15, -0.1) is 0 Å². The molecule has 142 valence electrons. The van der Waals surface area contributed by atoms with Gasteiger partial charge in [0.1, 0.15) is 5.82 Å². The van der Waals surface area contributed by atoms with Crippen molar-refractivity contribution >= 4 is 5.97 Å². The summed E-state index contributed by atoms with van der Waals surface area (Å²) in [6.07, 6.45) is 1.01. The molecule has 1 unspecified atom stereocenters. The second-order valence-electron chi connectivity index (χ2n) is 7.09. The van der Waals surface area contributed by atoms with E-state index in [0.29, 0.717) is 44.0 Å². The summed E-state index contributed by atoms with van der Waals surface area (Å²) in [7, 11) is 1.42. The lowest BCUT2D eigenvalue weighted by Crippen LogP contribution is -2.36. The largest absolute Gasteiger partial charge is 0.469 e. The molecule has 1 aromatic carbocycles. The molecule has 7 heteroatoms. The van der Waals surface area contributed by atoms with E-state index in [1.165, 1.54) is 18.2 Å². The third-order valence-electron chi connectivity index (χ3n) is 5.26. The van der Waals surface area contributed by atoms with Crippen LogP contribution < -0.4 is 5.56 Å². The lowest BCUT2D eigenvalue weighted by atomic mass is 9.87. The molecule has 2 aliphatic rings. The van der Waals surface area contributed by atoms with Crippen LogP contribution in [0.15, 0.2) is 29.1 Å². The SMILES string of the molecule is COC(=O)CC1CN(Cc2nc3c(c(=O)[nH]2)COCC3)Cc2ccccc21. The number of esters is 1. The highest BCUT2D eigenvalue weighted by Crippen LogP contribution is 2.31. The zero-order chi connectivity index (χ0) is 18.8. The van der Waals surface area contributed by atoms with Gasteiger partial charge in [0, 0.05) is 25.4 Å². The Balaban J connectivity index is 1.57. The first-order valence-electron chi connectivity index (χ1n) is 9.19. The summed E-state index contributed by atoms with van der Waals surface area (Å²) in [5.41, 5.74) is 3.76. The molecule has 1 N–H and O–H groups in total. The summed E-state index contributed by atoms with van der Waals surface area (Å²) in [4.78, 5) is 33.9. The molecule has 0 spiro atoms. The number of benzene rings is 1. The number of ether oxygens (including phenoxy) is 2. The van der Waals surface area contributed by atoms with Gasteiger partial charge in [0.05, 0.1) is 44.5 Å². The fourth-order valence-electron chi connectivity index (χ4n) is 3.95. The number of carbonyl (C=O) groups is 1. The van der Waals surface area contributed by atoms with Crippen LogP contribution >= 0.6 is 0 Å². The van der Waals surface area contributed by atoms with Gasteiger partial charge in [-0.3, -0.25) is 14.5 Å². The van der Waals surface area contributed by atoms with Crippen molar-refractivity contribution in [3.63, 3.8) is 0 Å². The van der Waals surface area contributed by atoms with Crippen molar-refractivity contribution < 1.29 is 14.3 Å². The molecule has 27 heavy (non-hydrogen) atoms. The van der Waals surface area contributed by atoms with Crippen LogP contribution in [0.1, 0.15) is 40.5 Å². The standard InChI is InChI=1S/C20H23N3O4/c1-26-19(24)8-14-10-23(9-13-4-2-3-5-15(13)14)11-18-21-17-6-7-27-12-16(17)20(25)22-18/h2-5,14H,6-12H2,1H3,(H,21,22,25).